The van der Waals surface area contributed by atoms with Gasteiger partial charge < -0.3 is 42.6 Å². The van der Waals surface area contributed by atoms with Crippen LogP contribution in [0.4, 0.5) is 0 Å². The number of nitrogens with two attached hydrogens (primary N) is 2. The van der Waals surface area contributed by atoms with Crippen LogP contribution >= 0.6 is 0 Å². The number of rotatable bonds is 14. The molecule has 1 aromatic heterocycles. The molecule has 14 heteroatoms. The van der Waals surface area contributed by atoms with Gasteiger partial charge in [-0.15, -0.1) is 0 Å². The number of amides is 4. The zero-order chi connectivity index (χ0) is 25.1. The molecule has 1 heterocycles. The van der Waals surface area contributed by atoms with Gasteiger partial charge in [0.15, 0.2) is 0 Å². The molecule has 14 nitrogen and oxygen atoms in total. The number of carbonyl (C=O) groups excluding carboxylic acids is 4. The van der Waals surface area contributed by atoms with Crippen molar-refractivity contribution >= 4 is 29.6 Å². The molecule has 5 unspecified atom stereocenters. The van der Waals surface area contributed by atoms with Crippen LogP contribution in [0.25, 0.3) is 0 Å². The molecular formula is C19H31N7O7. The fourth-order valence-corrected chi connectivity index (χ4v) is 2.75. The molecule has 1 rings (SSSR count). The molecular weight excluding hydrogens is 438 g/mol. The summed E-state index contributed by atoms with van der Waals surface area (Å²) < 4.78 is 0. The number of hydrogen-bond acceptors (Lipinski definition) is 8. The SMILES string of the molecule is CCC(C)C(N)C(=O)NC(CC(N)=O)C(=O)NC(Cc1cnc[nH]1)C(=O)NC(CO)C(=O)O. The first-order valence-corrected chi connectivity index (χ1v) is 10.3. The molecule has 184 valence electrons. The van der Waals surface area contributed by atoms with Gasteiger partial charge in [-0.3, -0.25) is 19.2 Å². The number of carbonyl (C=O) groups is 5. The van der Waals surface area contributed by atoms with Crippen molar-refractivity contribution in [3.05, 3.63) is 18.2 Å². The Labute approximate surface area is 189 Å². The van der Waals surface area contributed by atoms with Crippen molar-refractivity contribution in [3.8, 4) is 0 Å². The highest BCUT2D eigenvalue weighted by Gasteiger charge is 2.32. The number of aliphatic hydroxyl groups excluding tert-OH is 1. The summed E-state index contributed by atoms with van der Waals surface area (Å²) in [7, 11) is 0. The summed E-state index contributed by atoms with van der Waals surface area (Å²) in [4.78, 5) is 67.1. The van der Waals surface area contributed by atoms with E-state index >= 15 is 0 Å². The van der Waals surface area contributed by atoms with Gasteiger partial charge in [0.2, 0.25) is 23.6 Å². The Morgan fingerprint density at radius 2 is 1.64 bits per heavy atom. The minimum absolute atomic E-state index is 0.126. The minimum Gasteiger partial charge on any atom is -0.480 e. The minimum atomic E-state index is -1.60. The van der Waals surface area contributed by atoms with E-state index < -0.39 is 66.8 Å². The van der Waals surface area contributed by atoms with Gasteiger partial charge in [0, 0.05) is 18.3 Å². The maximum Gasteiger partial charge on any atom is 0.328 e. The van der Waals surface area contributed by atoms with Crippen LogP contribution in [0.3, 0.4) is 0 Å². The molecule has 0 spiro atoms. The van der Waals surface area contributed by atoms with Crippen molar-refractivity contribution < 1.29 is 34.2 Å². The molecule has 0 bridgehead atoms. The van der Waals surface area contributed by atoms with Crippen LogP contribution in [-0.4, -0.2) is 80.6 Å². The van der Waals surface area contributed by atoms with Gasteiger partial charge >= 0.3 is 5.97 Å². The topological polar surface area (TPSA) is 243 Å². The van der Waals surface area contributed by atoms with Gasteiger partial charge in [0.1, 0.15) is 18.1 Å². The van der Waals surface area contributed by atoms with Crippen LogP contribution in [0.15, 0.2) is 12.5 Å². The Balaban J connectivity index is 3.05. The number of primary amides is 1. The fraction of sp³-hybridized carbons (Fsp3) is 0.579. The molecule has 0 saturated carbocycles. The van der Waals surface area contributed by atoms with E-state index in [0.29, 0.717) is 12.1 Å². The Kier molecular flexibility index (Phi) is 10.9. The number of hydrogen-bond donors (Lipinski definition) is 8. The highest BCUT2D eigenvalue weighted by molar-refractivity contribution is 5.96. The Hall–Kier alpha value is -3.52. The summed E-state index contributed by atoms with van der Waals surface area (Å²) in [6.45, 7) is 2.71. The van der Waals surface area contributed by atoms with E-state index in [9.17, 15) is 24.0 Å². The number of imidazole rings is 1. The van der Waals surface area contributed by atoms with Crippen molar-refractivity contribution in [3.63, 3.8) is 0 Å². The average Bonchev–Trinajstić information content (AvgIpc) is 3.27. The molecule has 33 heavy (non-hydrogen) atoms. The number of carboxylic acid groups (broad SMARTS) is 1. The van der Waals surface area contributed by atoms with Crippen LogP contribution in [0.5, 0.6) is 0 Å². The quantitative estimate of drug-likeness (QED) is 0.136. The second-order valence-corrected chi connectivity index (χ2v) is 7.57. The standard InChI is InChI=1S/C19H31N7O7/c1-3-9(2)15(21)18(31)25-12(5-14(20)28)17(30)24-11(4-10-6-22-8-23-10)16(29)26-13(7-27)19(32)33/h6,8-9,11-13,15,27H,3-5,7,21H2,1-2H3,(H2,20,28)(H,22,23)(H,24,30)(H,25,31)(H,26,29)(H,32,33). The van der Waals surface area contributed by atoms with Crippen molar-refractivity contribution in [2.45, 2.75) is 57.3 Å². The number of H-pyrrole nitrogens is 1. The average molecular weight is 469 g/mol. The number of nitrogens with zero attached hydrogens (tertiary/aromatic N) is 1. The summed E-state index contributed by atoms with van der Waals surface area (Å²) in [5.74, 6) is -5.06. The van der Waals surface area contributed by atoms with E-state index in [1.165, 1.54) is 12.5 Å². The predicted molar refractivity (Wildman–Crippen MR) is 114 cm³/mol. The van der Waals surface area contributed by atoms with Crippen LogP contribution in [0.2, 0.25) is 0 Å². The summed E-state index contributed by atoms with van der Waals surface area (Å²) in [5.41, 5.74) is 11.5. The number of carboxylic acids is 1. The molecule has 5 atom stereocenters. The third-order valence-corrected chi connectivity index (χ3v) is 5.01. The predicted octanol–water partition coefficient (Wildman–Crippen LogP) is -3.27. The summed E-state index contributed by atoms with van der Waals surface area (Å²) in [6, 6.07) is -5.30. The van der Waals surface area contributed by atoms with Crippen molar-refractivity contribution in [2.75, 3.05) is 6.61 Å². The smallest absolute Gasteiger partial charge is 0.328 e. The van der Waals surface area contributed by atoms with E-state index in [-0.39, 0.29) is 12.3 Å². The molecule has 0 fully saturated rings. The first-order chi connectivity index (χ1) is 15.5. The zero-order valence-electron chi connectivity index (χ0n) is 18.4. The largest absolute Gasteiger partial charge is 0.480 e. The lowest BCUT2D eigenvalue weighted by atomic mass is 9.99. The van der Waals surface area contributed by atoms with Crippen LogP contribution in [0, 0.1) is 5.92 Å². The van der Waals surface area contributed by atoms with Gasteiger partial charge in [-0.05, 0) is 5.92 Å². The van der Waals surface area contributed by atoms with Gasteiger partial charge in [-0.25, -0.2) is 9.78 Å². The summed E-state index contributed by atoms with van der Waals surface area (Å²) in [6.07, 6.45) is 2.65. The second-order valence-electron chi connectivity index (χ2n) is 7.57. The monoisotopic (exact) mass is 469 g/mol. The normalized spacial score (nSPS) is 15.4. The van der Waals surface area contributed by atoms with Gasteiger partial charge in [0.05, 0.1) is 25.4 Å². The first-order valence-electron chi connectivity index (χ1n) is 10.3. The molecule has 1 aromatic rings. The first kappa shape index (κ1) is 27.5. The summed E-state index contributed by atoms with van der Waals surface area (Å²) >= 11 is 0. The molecule has 0 aliphatic heterocycles. The molecule has 0 radical (unpaired) electrons. The summed E-state index contributed by atoms with van der Waals surface area (Å²) in [5, 5.41) is 25.1. The maximum absolute atomic E-state index is 12.9. The van der Waals surface area contributed by atoms with E-state index in [2.05, 4.69) is 25.9 Å². The van der Waals surface area contributed by atoms with E-state index in [1.807, 2.05) is 6.92 Å². The zero-order valence-corrected chi connectivity index (χ0v) is 18.4. The van der Waals surface area contributed by atoms with E-state index in [1.54, 1.807) is 6.92 Å². The van der Waals surface area contributed by atoms with Crippen LogP contribution in [0.1, 0.15) is 32.4 Å². The molecule has 0 saturated heterocycles. The molecule has 0 aliphatic carbocycles. The number of aliphatic carboxylic acids is 1. The van der Waals surface area contributed by atoms with Crippen molar-refractivity contribution in [1.82, 2.24) is 25.9 Å². The van der Waals surface area contributed by atoms with E-state index in [4.69, 9.17) is 21.7 Å². The molecule has 10 N–H and O–H groups in total. The molecule has 4 amide bonds. The molecule has 0 aliphatic rings. The van der Waals surface area contributed by atoms with Crippen LogP contribution < -0.4 is 27.4 Å². The number of nitrogens with one attached hydrogen (secondary N) is 4. The lowest BCUT2D eigenvalue weighted by molar-refractivity contribution is -0.143. The third kappa shape index (κ3) is 8.86. The third-order valence-electron chi connectivity index (χ3n) is 5.01. The van der Waals surface area contributed by atoms with E-state index in [0.717, 1.165) is 0 Å². The number of aromatic amines is 1. The molecule has 0 aromatic carbocycles. The number of aliphatic hydroxyl groups is 1. The van der Waals surface area contributed by atoms with Crippen molar-refractivity contribution in [1.29, 1.82) is 0 Å². The Morgan fingerprint density at radius 1 is 1.06 bits per heavy atom. The van der Waals surface area contributed by atoms with Crippen LogP contribution in [-0.2, 0) is 30.4 Å². The highest BCUT2D eigenvalue weighted by Crippen LogP contribution is 2.07. The lowest BCUT2D eigenvalue weighted by Gasteiger charge is -2.25. The van der Waals surface area contributed by atoms with Gasteiger partial charge in [-0.1, -0.05) is 20.3 Å². The second kappa shape index (κ2) is 13.1. The maximum atomic E-state index is 12.9. The van der Waals surface area contributed by atoms with Gasteiger partial charge in [0.25, 0.3) is 0 Å². The highest BCUT2D eigenvalue weighted by atomic mass is 16.4. The Bertz CT molecular complexity index is 830. The fourth-order valence-electron chi connectivity index (χ4n) is 2.75. The number of aromatic nitrogens is 2. The lowest BCUT2D eigenvalue weighted by Crippen LogP contribution is -2.59. The van der Waals surface area contributed by atoms with Gasteiger partial charge in [-0.2, -0.15) is 0 Å². The Morgan fingerprint density at radius 3 is 2.12 bits per heavy atom. The van der Waals surface area contributed by atoms with Crippen molar-refractivity contribution in [2.24, 2.45) is 17.4 Å².